The maximum Gasteiger partial charge on any atom is 0.349 e. The molecule has 1 aromatic rings. The van der Waals surface area contributed by atoms with E-state index in [1.807, 2.05) is 0 Å². The van der Waals surface area contributed by atoms with Crippen LogP contribution >= 0.6 is 12.4 Å². The van der Waals surface area contributed by atoms with Gasteiger partial charge in [-0.15, -0.1) is 12.4 Å². The van der Waals surface area contributed by atoms with Crippen LogP contribution < -0.4 is 5.73 Å². The van der Waals surface area contributed by atoms with Gasteiger partial charge in [-0.05, 0) is 12.8 Å². The Labute approximate surface area is 117 Å². The van der Waals surface area contributed by atoms with Crippen LogP contribution in [0.4, 0.5) is 8.78 Å². The van der Waals surface area contributed by atoms with Crippen LogP contribution in [-0.4, -0.2) is 29.9 Å². The minimum atomic E-state index is -3.47. The van der Waals surface area contributed by atoms with Crippen molar-refractivity contribution in [3.63, 3.8) is 0 Å². The van der Waals surface area contributed by atoms with Crippen molar-refractivity contribution in [3.8, 4) is 0 Å². The Kier molecular flexibility index (Phi) is 5.26. The molecule has 19 heavy (non-hydrogen) atoms. The minimum Gasteiger partial charge on any atom is -0.336 e. The average Bonchev–Trinajstić information content (AvgIpc) is 2.39. The molecule has 106 valence electrons. The maximum absolute atomic E-state index is 14.0. The number of hydrogen-bond acceptors (Lipinski definition) is 2. The lowest BCUT2D eigenvalue weighted by Crippen LogP contribution is -2.50. The van der Waals surface area contributed by atoms with Gasteiger partial charge in [-0.25, -0.2) is 0 Å². The summed E-state index contributed by atoms with van der Waals surface area (Å²) in [6.07, 6.45) is 1.46. The van der Waals surface area contributed by atoms with Gasteiger partial charge in [0, 0.05) is 24.7 Å². The number of nitrogens with two attached hydrogens (primary N) is 1. The van der Waals surface area contributed by atoms with Crippen LogP contribution in [0.5, 0.6) is 0 Å². The Morgan fingerprint density at radius 1 is 1.32 bits per heavy atom. The summed E-state index contributed by atoms with van der Waals surface area (Å²) in [5, 5.41) is 0. The zero-order valence-corrected chi connectivity index (χ0v) is 11.2. The van der Waals surface area contributed by atoms with Gasteiger partial charge in [-0.3, -0.25) is 4.79 Å². The fraction of sp³-hybridized carbons (Fsp3) is 0.462. The number of hydrogen-bond donors (Lipinski definition) is 1. The summed E-state index contributed by atoms with van der Waals surface area (Å²) >= 11 is 0. The maximum atomic E-state index is 14.0. The summed E-state index contributed by atoms with van der Waals surface area (Å²) in [6, 6.07) is 6.97. The molecule has 1 unspecified atom stereocenters. The molecule has 0 bridgehead atoms. The highest BCUT2D eigenvalue weighted by molar-refractivity contribution is 5.85. The molecule has 1 amide bonds. The van der Waals surface area contributed by atoms with Crippen LogP contribution in [0.15, 0.2) is 30.3 Å². The molecule has 2 N–H and O–H groups in total. The molecule has 0 radical (unpaired) electrons. The lowest BCUT2D eigenvalue weighted by atomic mass is 10.0. The molecule has 1 aliphatic heterocycles. The van der Waals surface area contributed by atoms with Gasteiger partial charge in [-0.1, -0.05) is 30.3 Å². The van der Waals surface area contributed by atoms with Crippen LogP contribution in [0.3, 0.4) is 0 Å². The summed E-state index contributed by atoms with van der Waals surface area (Å²) in [5.41, 5.74) is 5.44. The number of alkyl halides is 2. The Bertz CT molecular complexity index is 428. The first-order valence-electron chi connectivity index (χ1n) is 6.00. The first-order valence-corrected chi connectivity index (χ1v) is 6.00. The molecular weight excluding hydrogens is 274 g/mol. The summed E-state index contributed by atoms with van der Waals surface area (Å²) in [5.74, 6) is -4.62. The Hall–Kier alpha value is -1.20. The second kappa shape index (κ2) is 6.30. The number of halogens is 3. The van der Waals surface area contributed by atoms with E-state index in [0.29, 0.717) is 13.0 Å². The number of likely N-dealkylation sites (tertiary alicyclic amines) is 1. The molecule has 0 saturated carbocycles. The molecule has 1 fully saturated rings. The third kappa shape index (κ3) is 3.42. The molecule has 2 rings (SSSR count). The van der Waals surface area contributed by atoms with Gasteiger partial charge in [0.25, 0.3) is 5.91 Å². The van der Waals surface area contributed by atoms with E-state index in [0.717, 1.165) is 6.42 Å². The molecule has 1 aliphatic rings. The van der Waals surface area contributed by atoms with Crippen molar-refractivity contribution < 1.29 is 13.6 Å². The molecular formula is C13H17ClF2N2O. The summed E-state index contributed by atoms with van der Waals surface area (Å²) in [7, 11) is 0. The zero-order chi connectivity index (χ0) is 13.2. The van der Waals surface area contributed by atoms with Gasteiger partial charge in [0.2, 0.25) is 0 Å². The molecule has 1 aromatic carbocycles. The molecule has 0 aliphatic carbocycles. The summed E-state index contributed by atoms with van der Waals surface area (Å²) < 4.78 is 28.1. The van der Waals surface area contributed by atoms with Crippen molar-refractivity contribution in [1.82, 2.24) is 4.90 Å². The van der Waals surface area contributed by atoms with Crippen molar-refractivity contribution >= 4 is 18.3 Å². The molecule has 0 aromatic heterocycles. The number of nitrogens with zero attached hydrogens (tertiary/aromatic N) is 1. The van der Waals surface area contributed by atoms with Gasteiger partial charge in [-0.2, -0.15) is 8.78 Å². The minimum absolute atomic E-state index is 0. The van der Waals surface area contributed by atoms with Gasteiger partial charge in [0.15, 0.2) is 0 Å². The first kappa shape index (κ1) is 15.9. The number of piperidine rings is 1. The monoisotopic (exact) mass is 290 g/mol. The molecule has 1 atom stereocenters. The second-order valence-corrected chi connectivity index (χ2v) is 4.59. The largest absolute Gasteiger partial charge is 0.349 e. The van der Waals surface area contributed by atoms with E-state index in [1.165, 1.54) is 29.2 Å². The van der Waals surface area contributed by atoms with Gasteiger partial charge in [0.05, 0.1) is 0 Å². The number of rotatable bonds is 2. The molecule has 1 heterocycles. The van der Waals surface area contributed by atoms with E-state index in [1.54, 1.807) is 6.07 Å². The van der Waals surface area contributed by atoms with Crippen molar-refractivity contribution in [1.29, 1.82) is 0 Å². The third-order valence-electron chi connectivity index (χ3n) is 3.15. The van der Waals surface area contributed by atoms with E-state index in [4.69, 9.17) is 5.73 Å². The quantitative estimate of drug-likeness (QED) is 0.907. The number of carbonyl (C=O) groups is 1. The highest BCUT2D eigenvalue weighted by Gasteiger charge is 2.44. The average molecular weight is 291 g/mol. The highest BCUT2D eigenvalue weighted by atomic mass is 35.5. The summed E-state index contributed by atoms with van der Waals surface area (Å²) in [6.45, 7) is 0.566. The molecule has 0 spiro atoms. The van der Waals surface area contributed by atoms with Crippen molar-refractivity contribution in [2.75, 3.05) is 13.1 Å². The van der Waals surface area contributed by atoms with Crippen LogP contribution in [0.2, 0.25) is 0 Å². The predicted molar refractivity (Wildman–Crippen MR) is 71.4 cm³/mol. The Morgan fingerprint density at radius 2 is 1.95 bits per heavy atom. The second-order valence-electron chi connectivity index (χ2n) is 4.59. The van der Waals surface area contributed by atoms with E-state index in [2.05, 4.69) is 0 Å². The van der Waals surface area contributed by atoms with Crippen LogP contribution in [0, 0.1) is 0 Å². The Morgan fingerprint density at radius 3 is 2.53 bits per heavy atom. The normalized spacial score (nSPS) is 19.7. The summed E-state index contributed by atoms with van der Waals surface area (Å²) in [4.78, 5) is 13.1. The molecule has 3 nitrogen and oxygen atoms in total. The zero-order valence-electron chi connectivity index (χ0n) is 10.4. The van der Waals surface area contributed by atoms with Crippen LogP contribution in [0.1, 0.15) is 18.4 Å². The van der Waals surface area contributed by atoms with Crippen LogP contribution in [-0.2, 0) is 10.7 Å². The number of amides is 1. The van der Waals surface area contributed by atoms with E-state index in [9.17, 15) is 13.6 Å². The van der Waals surface area contributed by atoms with E-state index >= 15 is 0 Å². The van der Waals surface area contributed by atoms with Crippen molar-refractivity contribution in [2.45, 2.75) is 24.8 Å². The highest BCUT2D eigenvalue weighted by Crippen LogP contribution is 2.30. The third-order valence-corrected chi connectivity index (χ3v) is 3.15. The topological polar surface area (TPSA) is 46.3 Å². The lowest BCUT2D eigenvalue weighted by Gasteiger charge is -2.33. The van der Waals surface area contributed by atoms with Crippen molar-refractivity contribution in [3.05, 3.63) is 35.9 Å². The van der Waals surface area contributed by atoms with E-state index < -0.39 is 11.8 Å². The standard InChI is InChI=1S/C13H16F2N2O.ClH/c14-13(15,10-5-2-1-3-6-10)12(18)17-8-4-7-11(16)9-17;/h1-3,5-6,11H,4,7-9,16H2;1H. The number of carbonyl (C=O) groups excluding carboxylic acids is 1. The van der Waals surface area contributed by atoms with Crippen LogP contribution in [0.25, 0.3) is 0 Å². The number of benzene rings is 1. The fourth-order valence-corrected chi connectivity index (χ4v) is 2.16. The predicted octanol–water partition coefficient (Wildman–Crippen LogP) is 2.15. The SMILES string of the molecule is Cl.NC1CCCN(C(=O)C(F)(F)c2ccccc2)C1. The van der Waals surface area contributed by atoms with Gasteiger partial charge in [0.1, 0.15) is 0 Å². The van der Waals surface area contributed by atoms with Crippen molar-refractivity contribution in [2.24, 2.45) is 5.73 Å². The molecule has 1 saturated heterocycles. The van der Waals surface area contributed by atoms with Gasteiger partial charge >= 0.3 is 5.92 Å². The molecule has 6 heteroatoms. The Balaban J connectivity index is 0.00000180. The van der Waals surface area contributed by atoms with Gasteiger partial charge < -0.3 is 10.6 Å². The van der Waals surface area contributed by atoms with E-state index in [-0.39, 0.29) is 30.6 Å². The first-order chi connectivity index (χ1) is 8.51. The lowest BCUT2D eigenvalue weighted by molar-refractivity contribution is -0.160. The smallest absolute Gasteiger partial charge is 0.336 e. The fourth-order valence-electron chi connectivity index (χ4n) is 2.16.